The number of fused-ring (bicyclic) bond motifs is 1. The van der Waals surface area contributed by atoms with Crippen molar-refractivity contribution in [2.24, 2.45) is 0 Å². The number of para-hydroxylation sites is 1. The zero-order valence-electron chi connectivity index (χ0n) is 15.2. The number of hydrogen-bond donors (Lipinski definition) is 1. The Morgan fingerprint density at radius 2 is 1.70 bits per heavy atom. The van der Waals surface area contributed by atoms with Crippen LogP contribution in [-0.4, -0.2) is 23.3 Å². The third kappa shape index (κ3) is 3.95. The normalized spacial score (nSPS) is 15.0. The third-order valence-corrected chi connectivity index (χ3v) is 5.39. The number of benzene rings is 2. The van der Waals surface area contributed by atoms with E-state index in [-0.39, 0.29) is 12.4 Å². The Morgan fingerprint density at radius 3 is 2.44 bits per heavy atom. The number of nitrogens with one attached hydrogen (secondary N) is 1. The lowest BCUT2D eigenvalue weighted by atomic mass is 9.84. The van der Waals surface area contributed by atoms with E-state index in [1.54, 1.807) is 6.07 Å². The van der Waals surface area contributed by atoms with Gasteiger partial charge in [-0.05, 0) is 36.5 Å². The molecule has 3 aromatic rings. The van der Waals surface area contributed by atoms with Crippen LogP contribution >= 0.6 is 0 Å². The average Bonchev–Trinajstić information content (AvgIpc) is 3.17. The van der Waals surface area contributed by atoms with Crippen LogP contribution in [0, 0.1) is 0 Å². The van der Waals surface area contributed by atoms with Crippen molar-refractivity contribution in [3.05, 3.63) is 71.4 Å². The van der Waals surface area contributed by atoms with Gasteiger partial charge in [-0.2, -0.15) is 0 Å². The molecule has 2 aromatic carbocycles. The van der Waals surface area contributed by atoms with Crippen LogP contribution in [0.4, 0.5) is 0 Å². The van der Waals surface area contributed by atoms with Gasteiger partial charge in [-0.3, -0.25) is 4.79 Å². The van der Waals surface area contributed by atoms with Gasteiger partial charge < -0.3 is 9.72 Å². The van der Waals surface area contributed by atoms with Crippen LogP contribution in [0.25, 0.3) is 10.9 Å². The summed E-state index contributed by atoms with van der Waals surface area (Å²) in [5.74, 6) is -0.0872. The minimum atomic E-state index is -0.515. The summed E-state index contributed by atoms with van der Waals surface area (Å²) in [6, 6.07) is 17.1. The Kier molecular flexibility index (Phi) is 5.05. The van der Waals surface area contributed by atoms with Crippen molar-refractivity contribution < 1.29 is 14.3 Å². The maximum atomic E-state index is 12.4. The third-order valence-electron chi connectivity index (χ3n) is 5.39. The van der Waals surface area contributed by atoms with Crippen molar-refractivity contribution in [3.63, 3.8) is 0 Å². The Bertz CT molecular complexity index is 916. The molecule has 1 fully saturated rings. The monoisotopic (exact) mass is 361 g/mol. The van der Waals surface area contributed by atoms with E-state index in [4.69, 9.17) is 4.74 Å². The molecule has 0 spiro atoms. The first-order valence-electron chi connectivity index (χ1n) is 9.59. The van der Waals surface area contributed by atoms with Gasteiger partial charge in [0.2, 0.25) is 0 Å². The van der Waals surface area contributed by atoms with E-state index in [0.717, 1.165) is 10.9 Å². The average molecular weight is 361 g/mol. The number of esters is 1. The van der Waals surface area contributed by atoms with Gasteiger partial charge in [-0.25, -0.2) is 4.79 Å². The van der Waals surface area contributed by atoms with Crippen molar-refractivity contribution in [3.8, 4) is 0 Å². The fourth-order valence-electron chi connectivity index (χ4n) is 3.85. The molecule has 1 N–H and O–H groups in total. The van der Waals surface area contributed by atoms with Crippen LogP contribution < -0.4 is 0 Å². The van der Waals surface area contributed by atoms with Crippen molar-refractivity contribution in [2.75, 3.05) is 6.61 Å². The predicted octanol–water partition coefficient (Wildman–Crippen LogP) is 5.26. The summed E-state index contributed by atoms with van der Waals surface area (Å²) >= 11 is 0. The summed E-state index contributed by atoms with van der Waals surface area (Å²) in [5.41, 5.74) is 3.12. The molecule has 0 saturated heterocycles. The minimum Gasteiger partial charge on any atom is -0.453 e. The molecule has 1 aliphatic rings. The first kappa shape index (κ1) is 17.5. The molecule has 1 aliphatic carbocycles. The second kappa shape index (κ2) is 7.78. The number of carbonyl (C=O) groups excluding carboxylic acids is 2. The fraction of sp³-hybridized carbons (Fsp3) is 0.304. The molecule has 138 valence electrons. The number of ether oxygens (including phenoxy) is 1. The molecule has 1 heterocycles. The minimum absolute atomic E-state index is 0.186. The first-order chi connectivity index (χ1) is 13.2. The quantitative estimate of drug-likeness (QED) is 0.498. The molecule has 4 nitrogen and oxygen atoms in total. The molecule has 4 heteroatoms. The molecule has 1 saturated carbocycles. The van der Waals surface area contributed by atoms with Crippen molar-refractivity contribution >= 4 is 22.7 Å². The van der Waals surface area contributed by atoms with Crippen LogP contribution in [0.15, 0.2) is 54.6 Å². The molecular weight excluding hydrogens is 338 g/mol. The lowest BCUT2D eigenvalue weighted by molar-refractivity contribution is 0.0470. The lowest BCUT2D eigenvalue weighted by Crippen LogP contribution is -2.14. The van der Waals surface area contributed by atoms with Crippen LogP contribution in [0.2, 0.25) is 0 Å². The highest BCUT2D eigenvalue weighted by Crippen LogP contribution is 2.32. The molecule has 0 bridgehead atoms. The van der Waals surface area contributed by atoms with E-state index >= 15 is 0 Å². The summed E-state index contributed by atoms with van der Waals surface area (Å²) in [6.45, 7) is -0.253. The topological polar surface area (TPSA) is 59.2 Å². The molecule has 1 aromatic heterocycles. The van der Waals surface area contributed by atoms with Gasteiger partial charge in [-0.15, -0.1) is 0 Å². The highest BCUT2D eigenvalue weighted by atomic mass is 16.5. The second-order valence-corrected chi connectivity index (χ2v) is 7.23. The van der Waals surface area contributed by atoms with E-state index in [1.165, 1.54) is 37.7 Å². The number of aromatic nitrogens is 1. The number of Topliss-reactive ketones (excluding diaryl/α,β-unsaturated/α-hetero) is 1. The van der Waals surface area contributed by atoms with Crippen molar-refractivity contribution in [1.82, 2.24) is 4.98 Å². The highest BCUT2D eigenvalue weighted by molar-refractivity contribution is 6.00. The number of carbonyl (C=O) groups is 2. The zero-order valence-corrected chi connectivity index (χ0v) is 15.2. The van der Waals surface area contributed by atoms with Gasteiger partial charge in [0.15, 0.2) is 12.4 Å². The SMILES string of the molecule is O=C(COC(=O)c1cc2ccccc2[nH]1)c1ccc(C2CCCCC2)cc1. The van der Waals surface area contributed by atoms with E-state index in [1.807, 2.05) is 48.5 Å². The number of rotatable bonds is 5. The molecular formula is C23H23NO3. The van der Waals surface area contributed by atoms with E-state index < -0.39 is 5.97 Å². The summed E-state index contributed by atoms with van der Waals surface area (Å²) < 4.78 is 5.20. The Morgan fingerprint density at radius 1 is 0.963 bits per heavy atom. The van der Waals surface area contributed by atoms with Crippen LogP contribution in [0.3, 0.4) is 0 Å². The lowest BCUT2D eigenvalue weighted by Gasteiger charge is -2.22. The smallest absolute Gasteiger partial charge is 0.355 e. The molecule has 0 unspecified atom stereocenters. The van der Waals surface area contributed by atoms with Gasteiger partial charge in [0.05, 0.1) is 0 Å². The molecule has 27 heavy (non-hydrogen) atoms. The predicted molar refractivity (Wildman–Crippen MR) is 105 cm³/mol. The number of aromatic amines is 1. The maximum Gasteiger partial charge on any atom is 0.355 e. The zero-order chi connectivity index (χ0) is 18.6. The van der Waals surface area contributed by atoms with Gasteiger partial charge in [0.1, 0.15) is 5.69 Å². The van der Waals surface area contributed by atoms with Gasteiger partial charge in [-0.1, -0.05) is 61.7 Å². The summed E-state index contributed by atoms with van der Waals surface area (Å²) in [6.07, 6.45) is 6.36. The Hall–Kier alpha value is -2.88. The molecule has 0 atom stereocenters. The molecule has 4 rings (SSSR count). The van der Waals surface area contributed by atoms with Gasteiger partial charge in [0, 0.05) is 16.5 Å². The van der Waals surface area contributed by atoms with Gasteiger partial charge in [0.25, 0.3) is 0 Å². The van der Waals surface area contributed by atoms with E-state index in [9.17, 15) is 9.59 Å². The molecule has 0 amide bonds. The highest BCUT2D eigenvalue weighted by Gasteiger charge is 2.17. The Labute approximate surface area is 158 Å². The number of ketones is 1. The fourth-order valence-corrected chi connectivity index (χ4v) is 3.85. The number of hydrogen-bond acceptors (Lipinski definition) is 3. The molecule has 0 aliphatic heterocycles. The summed E-state index contributed by atoms with van der Waals surface area (Å²) in [7, 11) is 0. The Balaban J connectivity index is 1.36. The van der Waals surface area contributed by atoms with Gasteiger partial charge >= 0.3 is 5.97 Å². The van der Waals surface area contributed by atoms with Crippen molar-refractivity contribution in [2.45, 2.75) is 38.0 Å². The largest absolute Gasteiger partial charge is 0.453 e. The number of H-pyrrole nitrogens is 1. The van der Waals surface area contributed by atoms with E-state index in [0.29, 0.717) is 17.2 Å². The van der Waals surface area contributed by atoms with Crippen LogP contribution in [0.5, 0.6) is 0 Å². The standard InChI is InChI=1S/C23H23NO3/c25-22(18-12-10-17(11-13-18)16-6-2-1-3-7-16)15-27-23(26)21-14-19-8-4-5-9-20(19)24-21/h4-5,8-14,16,24H,1-3,6-7,15H2. The second-order valence-electron chi connectivity index (χ2n) is 7.23. The van der Waals surface area contributed by atoms with Crippen LogP contribution in [0.1, 0.15) is 64.4 Å². The van der Waals surface area contributed by atoms with Crippen molar-refractivity contribution in [1.29, 1.82) is 0 Å². The maximum absolute atomic E-state index is 12.4. The van der Waals surface area contributed by atoms with Crippen LogP contribution in [-0.2, 0) is 4.74 Å². The summed E-state index contributed by atoms with van der Waals surface area (Å²) in [4.78, 5) is 27.6. The first-order valence-corrected chi connectivity index (χ1v) is 9.59. The van der Waals surface area contributed by atoms with E-state index in [2.05, 4.69) is 4.98 Å². The summed E-state index contributed by atoms with van der Waals surface area (Å²) in [5, 5.41) is 0.939. The molecule has 0 radical (unpaired) electrons.